The normalized spacial score (nSPS) is 18.9. The minimum atomic E-state index is -4.49. The van der Waals surface area contributed by atoms with Crippen LogP contribution < -0.4 is 10.6 Å². The van der Waals surface area contributed by atoms with Crippen LogP contribution in [0, 0.1) is 5.41 Å². The van der Waals surface area contributed by atoms with Crippen molar-refractivity contribution in [3.05, 3.63) is 41.1 Å². The van der Waals surface area contributed by atoms with Crippen LogP contribution in [0.25, 0.3) is 5.65 Å². The van der Waals surface area contributed by atoms with Crippen LogP contribution in [0.2, 0.25) is 0 Å². The van der Waals surface area contributed by atoms with Gasteiger partial charge in [0.15, 0.2) is 11.3 Å². The van der Waals surface area contributed by atoms with E-state index >= 15 is 0 Å². The van der Waals surface area contributed by atoms with Crippen molar-refractivity contribution in [3.8, 4) is 0 Å². The summed E-state index contributed by atoms with van der Waals surface area (Å²) in [5.41, 5.74) is -0.921. The zero-order valence-electron chi connectivity index (χ0n) is 23.6. The van der Waals surface area contributed by atoms with E-state index in [2.05, 4.69) is 31.0 Å². The monoisotopic (exact) mass is 614 g/mol. The fraction of sp³-hybridized carbons (Fsp3) is 0.615. The van der Waals surface area contributed by atoms with Gasteiger partial charge in [-0.2, -0.15) is 18.3 Å². The maximum atomic E-state index is 14.1. The van der Waals surface area contributed by atoms with Gasteiger partial charge in [-0.05, 0) is 36.9 Å². The number of halogens is 5. The molecule has 2 atom stereocenters. The molecule has 2 N–H and O–H groups in total. The molecule has 2 aliphatic rings. The molecule has 1 aliphatic carbocycles. The Kier molecular flexibility index (Phi) is 8.04. The molecule has 3 amide bonds. The van der Waals surface area contributed by atoms with Gasteiger partial charge in [-0.15, -0.1) is 0 Å². The number of methoxy groups -OCH3 is 1. The average Bonchev–Trinajstić information content (AvgIpc) is 3.49. The molecule has 1 saturated heterocycles. The molecule has 3 aromatic heterocycles. The molecule has 3 aromatic rings. The number of nitrogens with zero attached hydrogens (tertiary/aromatic N) is 6. The van der Waals surface area contributed by atoms with Crippen LogP contribution in [0.1, 0.15) is 85.0 Å². The molecule has 234 valence electrons. The number of fused-ring (bicyclic) bond motifs is 1. The van der Waals surface area contributed by atoms with E-state index in [1.807, 2.05) is 0 Å². The first-order valence-corrected chi connectivity index (χ1v) is 13.7. The molecule has 0 radical (unpaired) electrons. The Labute approximate surface area is 242 Å². The third kappa shape index (κ3) is 6.55. The lowest BCUT2D eigenvalue weighted by atomic mass is 9.85. The summed E-state index contributed by atoms with van der Waals surface area (Å²) in [6, 6.07) is -1.09. The predicted molar refractivity (Wildman–Crippen MR) is 138 cm³/mol. The average molecular weight is 615 g/mol. The number of imidazole rings is 1. The number of carbonyl (C=O) groups excluding carboxylic acids is 2. The number of aromatic nitrogens is 5. The number of hydrogen-bond donors (Lipinski definition) is 2. The first-order chi connectivity index (χ1) is 20.2. The standard InChI is InChI=1S/C26H31F5N8O4/c1-24(2,26(29,30)31)7-6-16(35-22(40)21-20(14-4-5-14)36-43-37-21)17-10-39-19(34-17)8-15(9-33-39)18(11-42-3)38-13-25(27,28)12-32-23(38)41/h8-10,14,16,18H,4-7,11-13H2,1-3H3,(H,32,41)(H,35,40)/t16-,18+/m0/s1. The van der Waals surface area contributed by atoms with E-state index in [0.29, 0.717) is 11.3 Å². The van der Waals surface area contributed by atoms with Crippen molar-refractivity contribution in [2.45, 2.75) is 69.6 Å². The summed E-state index contributed by atoms with van der Waals surface area (Å²) < 4.78 is 80.6. The maximum Gasteiger partial charge on any atom is 0.393 e. The van der Waals surface area contributed by atoms with Crippen molar-refractivity contribution in [2.24, 2.45) is 5.41 Å². The second kappa shape index (κ2) is 11.3. The zero-order valence-corrected chi connectivity index (χ0v) is 23.6. The molecule has 0 aromatic carbocycles. The topological polar surface area (TPSA) is 140 Å². The molecule has 1 aliphatic heterocycles. The third-order valence-corrected chi connectivity index (χ3v) is 7.79. The molecular weight excluding hydrogens is 583 g/mol. The van der Waals surface area contributed by atoms with Crippen LogP contribution in [0.4, 0.5) is 26.7 Å². The molecular formula is C26H31F5N8O4. The molecule has 0 bridgehead atoms. The van der Waals surface area contributed by atoms with Crippen molar-refractivity contribution in [2.75, 3.05) is 26.8 Å². The number of ether oxygens (including phenoxy) is 1. The Morgan fingerprint density at radius 1 is 1.28 bits per heavy atom. The smallest absolute Gasteiger partial charge is 0.382 e. The molecule has 12 nitrogen and oxygen atoms in total. The number of amides is 3. The van der Waals surface area contributed by atoms with E-state index in [9.17, 15) is 31.5 Å². The Bertz CT molecular complexity index is 1490. The Hall–Kier alpha value is -3.89. The van der Waals surface area contributed by atoms with Crippen molar-refractivity contribution < 1.29 is 40.9 Å². The van der Waals surface area contributed by atoms with Gasteiger partial charge in [0.2, 0.25) is 0 Å². The first-order valence-electron chi connectivity index (χ1n) is 13.7. The summed E-state index contributed by atoms with van der Waals surface area (Å²) in [6.45, 7) is 0.419. The summed E-state index contributed by atoms with van der Waals surface area (Å²) in [6.07, 6.45) is -0.493. The summed E-state index contributed by atoms with van der Waals surface area (Å²) in [5, 5.41) is 16.7. The fourth-order valence-corrected chi connectivity index (χ4v) is 4.86. The number of alkyl halides is 5. The lowest BCUT2D eigenvalue weighted by Crippen LogP contribution is -2.58. The van der Waals surface area contributed by atoms with Gasteiger partial charge in [0.25, 0.3) is 11.8 Å². The number of nitrogens with one attached hydrogen (secondary N) is 2. The second-order valence-electron chi connectivity index (χ2n) is 11.6. The Morgan fingerprint density at radius 3 is 2.70 bits per heavy atom. The SMILES string of the molecule is COC[C@H](c1cnn2cc([C@H](CCC(C)(C)C(F)(F)F)NC(=O)c3nonc3C3CC3)nc2c1)N1CC(F)(F)CNC1=O. The van der Waals surface area contributed by atoms with E-state index in [1.165, 1.54) is 30.1 Å². The van der Waals surface area contributed by atoms with Crippen molar-refractivity contribution in [3.63, 3.8) is 0 Å². The van der Waals surface area contributed by atoms with Crippen LogP contribution in [0.3, 0.4) is 0 Å². The first kappa shape index (κ1) is 30.6. The van der Waals surface area contributed by atoms with Gasteiger partial charge in [-0.25, -0.2) is 27.7 Å². The minimum Gasteiger partial charge on any atom is -0.382 e. The van der Waals surface area contributed by atoms with E-state index in [1.54, 1.807) is 0 Å². The summed E-state index contributed by atoms with van der Waals surface area (Å²) in [5.74, 6) is -3.79. The minimum absolute atomic E-state index is 0.0363. The van der Waals surface area contributed by atoms with Gasteiger partial charge in [-0.1, -0.05) is 19.0 Å². The molecule has 1 saturated carbocycles. The molecule has 0 spiro atoms. The number of urea groups is 1. The van der Waals surface area contributed by atoms with Gasteiger partial charge in [-0.3, -0.25) is 4.79 Å². The quantitative estimate of drug-likeness (QED) is 0.307. The van der Waals surface area contributed by atoms with Crippen LogP contribution in [-0.2, 0) is 4.74 Å². The zero-order chi connectivity index (χ0) is 31.2. The highest BCUT2D eigenvalue weighted by atomic mass is 19.4. The molecule has 5 rings (SSSR count). The second-order valence-corrected chi connectivity index (χ2v) is 11.6. The number of carbonyl (C=O) groups is 2. The van der Waals surface area contributed by atoms with Crippen molar-refractivity contribution in [1.82, 2.24) is 40.4 Å². The van der Waals surface area contributed by atoms with E-state index in [0.717, 1.165) is 31.6 Å². The van der Waals surface area contributed by atoms with Gasteiger partial charge < -0.3 is 20.3 Å². The van der Waals surface area contributed by atoms with Gasteiger partial charge in [0, 0.05) is 18.6 Å². The largest absolute Gasteiger partial charge is 0.393 e. The van der Waals surface area contributed by atoms with Crippen LogP contribution >= 0.6 is 0 Å². The lowest BCUT2D eigenvalue weighted by molar-refractivity contribution is -0.214. The van der Waals surface area contributed by atoms with E-state index in [4.69, 9.17) is 9.37 Å². The molecule has 43 heavy (non-hydrogen) atoms. The molecule has 4 heterocycles. The highest BCUT2D eigenvalue weighted by molar-refractivity contribution is 5.93. The molecule has 17 heteroatoms. The fourth-order valence-electron chi connectivity index (χ4n) is 4.86. The number of rotatable bonds is 11. The number of hydrogen-bond acceptors (Lipinski definition) is 8. The van der Waals surface area contributed by atoms with Gasteiger partial charge >= 0.3 is 12.2 Å². The van der Waals surface area contributed by atoms with Crippen LogP contribution in [0.15, 0.2) is 23.1 Å². The maximum absolute atomic E-state index is 14.1. The van der Waals surface area contributed by atoms with Crippen LogP contribution in [0.5, 0.6) is 0 Å². The Morgan fingerprint density at radius 2 is 2.02 bits per heavy atom. The molecule has 0 unspecified atom stereocenters. The highest BCUT2D eigenvalue weighted by Gasteiger charge is 2.47. The lowest BCUT2D eigenvalue weighted by Gasteiger charge is -2.38. The summed E-state index contributed by atoms with van der Waals surface area (Å²) in [4.78, 5) is 31.1. The highest BCUT2D eigenvalue weighted by Crippen LogP contribution is 2.43. The van der Waals surface area contributed by atoms with E-state index < -0.39 is 54.6 Å². The summed E-state index contributed by atoms with van der Waals surface area (Å²) >= 11 is 0. The van der Waals surface area contributed by atoms with Gasteiger partial charge in [0.1, 0.15) is 5.69 Å². The van der Waals surface area contributed by atoms with Crippen molar-refractivity contribution in [1.29, 1.82) is 0 Å². The van der Waals surface area contributed by atoms with Crippen molar-refractivity contribution >= 4 is 17.6 Å². The predicted octanol–water partition coefficient (Wildman–Crippen LogP) is 4.18. The Balaban J connectivity index is 1.45. The summed E-state index contributed by atoms with van der Waals surface area (Å²) in [7, 11) is 1.36. The third-order valence-electron chi connectivity index (χ3n) is 7.79. The van der Waals surface area contributed by atoms with Crippen LogP contribution in [-0.4, -0.2) is 80.7 Å². The molecule has 2 fully saturated rings. The van der Waals surface area contributed by atoms with Gasteiger partial charge in [0.05, 0.1) is 55.3 Å². The van der Waals surface area contributed by atoms with E-state index in [-0.39, 0.29) is 42.4 Å².